The Morgan fingerprint density at radius 1 is 0.576 bits per heavy atom. The lowest BCUT2D eigenvalue weighted by molar-refractivity contribution is -0.139. The van der Waals surface area contributed by atoms with E-state index >= 15 is 0 Å². The van der Waals surface area contributed by atoms with Crippen LogP contribution in [0.4, 0.5) is 0 Å². The Labute approximate surface area is 199 Å². The molecule has 188 valence electrons. The van der Waals surface area contributed by atoms with Crippen LogP contribution in [0.15, 0.2) is 0 Å². The SMILES string of the molecule is CC1C2CCC1[C@@H](C)C2OC=O.C[C@@H]1C2CCC(C2)C1OC=O.C[C@@H]1CCCCC1OC=O. The Balaban J connectivity index is 0.000000140. The summed E-state index contributed by atoms with van der Waals surface area (Å²) in [7, 11) is 0. The van der Waals surface area contributed by atoms with E-state index in [1.165, 1.54) is 51.4 Å². The molecular formula is C27H44O6. The molecule has 0 aromatic rings. The first-order valence-corrected chi connectivity index (χ1v) is 13.2. The van der Waals surface area contributed by atoms with Gasteiger partial charge in [-0.15, -0.1) is 0 Å². The standard InChI is InChI=1S/C10H16O2.C9H14O2.C8H14O2/c1-6-8-3-4-9(6)10(7(8)2)12-5-11;1-6-7-2-3-8(4-7)9(6)11-5-10;1-7-4-2-3-5-8(7)10-6-9/h5-10H,3-4H2,1-2H3;5-9H,2-4H2,1H3;6-8H,2-5H2,1H3/t6?,7-,8?,9?,10?;6-,7?,8?,9?;7-,8?/m111/s1. The number of hydrogen-bond acceptors (Lipinski definition) is 6. The van der Waals surface area contributed by atoms with E-state index in [0.29, 0.717) is 49.0 Å². The van der Waals surface area contributed by atoms with Crippen molar-refractivity contribution < 1.29 is 28.6 Å². The third kappa shape index (κ3) is 5.92. The highest BCUT2D eigenvalue weighted by Gasteiger charge is 2.51. The molecule has 0 saturated heterocycles. The van der Waals surface area contributed by atoms with Gasteiger partial charge in [0.05, 0.1) is 0 Å². The number of carbonyl (C=O) groups excluding carboxylic acids is 3. The van der Waals surface area contributed by atoms with Gasteiger partial charge in [0.25, 0.3) is 19.4 Å². The van der Waals surface area contributed by atoms with Crippen LogP contribution in [0.2, 0.25) is 0 Å². The Kier molecular flexibility index (Phi) is 9.63. The maximum absolute atomic E-state index is 10.3. The predicted octanol–water partition coefficient (Wildman–Crippen LogP) is 5.17. The number of ether oxygens (including phenoxy) is 3. The second-order valence-corrected chi connectivity index (χ2v) is 11.2. The van der Waals surface area contributed by atoms with Crippen LogP contribution < -0.4 is 0 Å². The average Bonchev–Trinajstić information content (AvgIpc) is 3.55. The van der Waals surface area contributed by atoms with Gasteiger partial charge in [-0.3, -0.25) is 14.4 Å². The Hall–Kier alpha value is -1.59. The third-order valence-electron chi connectivity index (χ3n) is 9.73. The third-order valence-corrected chi connectivity index (χ3v) is 9.73. The second-order valence-electron chi connectivity index (χ2n) is 11.2. The van der Waals surface area contributed by atoms with Crippen molar-refractivity contribution in [2.75, 3.05) is 0 Å². The van der Waals surface area contributed by atoms with Gasteiger partial charge >= 0.3 is 0 Å². The maximum atomic E-state index is 10.3. The first-order chi connectivity index (χ1) is 15.9. The molecule has 8 unspecified atom stereocenters. The van der Waals surface area contributed by atoms with Crippen molar-refractivity contribution in [3.63, 3.8) is 0 Å². The van der Waals surface area contributed by atoms with Gasteiger partial charge in [-0.05, 0) is 98.7 Å². The molecular weight excluding hydrogens is 420 g/mol. The van der Waals surface area contributed by atoms with Crippen molar-refractivity contribution in [2.24, 2.45) is 47.3 Å². The summed E-state index contributed by atoms with van der Waals surface area (Å²) in [5, 5.41) is 0. The highest BCUT2D eigenvalue weighted by atomic mass is 16.5. The molecule has 0 spiro atoms. The molecule has 0 aromatic heterocycles. The summed E-state index contributed by atoms with van der Waals surface area (Å²) in [4.78, 5) is 30.4. The lowest BCUT2D eigenvalue weighted by Gasteiger charge is -2.26. The minimum Gasteiger partial charge on any atom is -0.464 e. The summed E-state index contributed by atoms with van der Waals surface area (Å²) >= 11 is 0. The largest absolute Gasteiger partial charge is 0.464 e. The highest BCUT2D eigenvalue weighted by molar-refractivity contribution is 5.38. The number of fused-ring (bicyclic) bond motifs is 4. The molecule has 0 aromatic carbocycles. The molecule has 5 aliphatic rings. The molecule has 0 aliphatic heterocycles. The van der Waals surface area contributed by atoms with Crippen LogP contribution in [0.5, 0.6) is 0 Å². The number of carbonyl (C=O) groups is 3. The molecule has 0 heterocycles. The zero-order valence-corrected chi connectivity index (χ0v) is 20.9. The van der Waals surface area contributed by atoms with Gasteiger partial charge in [0, 0.05) is 0 Å². The zero-order valence-electron chi connectivity index (χ0n) is 20.9. The van der Waals surface area contributed by atoms with Crippen LogP contribution in [0, 0.1) is 47.3 Å². The first kappa shape index (κ1) is 26.0. The lowest BCUT2D eigenvalue weighted by Crippen LogP contribution is -2.27. The molecule has 0 amide bonds. The van der Waals surface area contributed by atoms with E-state index in [4.69, 9.17) is 14.2 Å². The van der Waals surface area contributed by atoms with Gasteiger partial charge < -0.3 is 14.2 Å². The summed E-state index contributed by atoms with van der Waals surface area (Å²) in [6.07, 6.45) is 11.9. The lowest BCUT2D eigenvalue weighted by atomic mass is 9.88. The minimum atomic E-state index is 0.200. The summed E-state index contributed by atoms with van der Waals surface area (Å²) in [6, 6.07) is 0. The maximum Gasteiger partial charge on any atom is 0.293 e. The highest BCUT2D eigenvalue weighted by Crippen LogP contribution is 2.53. The normalized spacial score (nSPS) is 44.5. The van der Waals surface area contributed by atoms with Gasteiger partial charge in [0.2, 0.25) is 0 Å². The fourth-order valence-corrected chi connectivity index (χ4v) is 7.74. The Bertz CT molecular complexity index is 636. The fraction of sp³-hybridized carbons (Fsp3) is 0.889. The topological polar surface area (TPSA) is 78.9 Å². The Morgan fingerprint density at radius 3 is 1.73 bits per heavy atom. The van der Waals surface area contributed by atoms with Crippen LogP contribution in [0.25, 0.3) is 0 Å². The van der Waals surface area contributed by atoms with E-state index in [-0.39, 0.29) is 18.3 Å². The Morgan fingerprint density at radius 2 is 1.18 bits per heavy atom. The van der Waals surface area contributed by atoms with Gasteiger partial charge in [-0.1, -0.05) is 34.1 Å². The quantitative estimate of drug-likeness (QED) is 0.398. The summed E-state index contributed by atoms with van der Waals surface area (Å²) in [5.41, 5.74) is 0. The van der Waals surface area contributed by atoms with E-state index in [9.17, 15) is 14.4 Å². The predicted molar refractivity (Wildman–Crippen MR) is 125 cm³/mol. The zero-order chi connectivity index (χ0) is 24.0. The van der Waals surface area contributed by atoms with Crippen LogP contribution >= 0.6 is 0 Å². The molecule has 5 fully saturated rings. The molecule has 4 bridgehead atoms. The summed E-state index contributed by atoms with van der Waals surface area (Å²) in [5.74, 6) is 5.51. The second kappa shape index (κ2) is 12.2. The van der Waals surface area contributed by atoms with E-state index in [2.05, 4.69) is 27.7 Å². The van der Waals surface area contributed by atoms with Gasteiger partial charge in [-0.2, -0.15) is 0 Å². The van der Waals surface area contributed by atoms with Crippen molar-refractivity contribution in [3.8, 4) is 0 Å². The van der Waals surface area contributed by atoms with E-state index in [0.717, 1.165) is 24.2 Å². The van der Waals surface area contributed by atoms with Crippen LogP contribution in [0.1, 0.15) is 85.5 Å². The van der Waals surface area contributed by atoms with E-state index in [1.54, 1.807) is 0 Å². The molecule has 0 N–H and O–H groups in total. The van der Waals surface area contributed by atoms with Crippen molar-refractivity contribution in [2.45, 2.75) is 104 Å². The molecule has 6 nitrogen and oxygen atoms in total. The van der Waals surface area contributed by atoms with E-state index < -0.39 is 0 Å². The average molecular weight is 465 g/mol. The van der Waals surface area contributed by atoms with Crippen molar-refractivity contribution >= 4 is 19.4 Å². The smallest absolute Gasteiger partial charge is 0.293 e. The van der Waals surface area contributed by atoms with Crippen molar-refractivity contribution in [3.05, 3.63) is 0 Å². The van der Waals surface area contributed by atoms with Crippen LogP contribution in [-0.4, -0.2) is 37.7 Å². The van der Waals surface area contributed by atoms with Crippen LogP contribution in [-0.2, 0) is 28.6 Å². The molecule has 6 heteroatoms. The molecule has 11 atom stereocenters. The molecule has 33 heavy (non-hydrogen) atoms. The van der Waals surface area contributed by atoms with Crippen LogP contribution in [0.3, 0.4) is 0 Å². The molecule has 5 aliphatic carbocycles. The van der Waals surface area contributed by atoms with Crippen molar-refractivity contribution in [1.29, 1.82) is 0 Å². The number of rotatable bonds is 6. The van der Waals surface area contributed by atoms with Gasteiger partial charge in [0.1, 0.15) is 18.3 Å². The summed E-state index contributed by atoms with van der Waals surface area (Å²) in [6.45, 7) is 10.7. The minimum absolute atomic E-state index is 0.200. The number of hydrogen-bond donors (Lipinski definition) is 0. The summed E-state index contributed by atoms with van der Waals surface area (Å²) < 4.78 is 15.1. The van der Waals surface area contributed by atoms with E-state index in [1.807, 2.05) is 0 Å². The molecule has 0 radical (unpaired) electrons. The van der Waals surface area contributed by atoms with Gasteiger partial charge in [-0.25, -0.2) is 0 Å². The fourth-order valence-electron chi connectivity index (χ4n) is 7.74. The molecule has 5 rings (SSSR count). The van der Waals surface area contributed by atoms with Gasteiger partial charge in [0.15, 0.2) is 0 Å². The van der Waals surface area contributed by atoms with Crippen molar-refractivity contribution in [1.82, 2.24) is 0 Å². The molecule has 5 saturated carbocycles. The monoisotopic (exact) mass is 464 g/mol. The first-order valence-electron chi connectivity index (χ1n) is 13.2.